The Morgan fingerprint density at radius 1 is 0.358 bits per heavy atom. The molecule has 0 spiro atoms. The summed E-state index contributed by atoms with van der Waals surface area (Å²) in [6.45, 7) is 0. The zero-order valence-electron chi connectivity index (χ0n) is 29.2. The molecule has 0 aromatic heterocycles. The highest BCUT2D eigenvalue weighted by atomic mass is 15.2. The Hall–Kier alpha value is -6.90. The third-order valence-corrected chi connectivity index (χ3v) is 10.6. The topological polar surface area (TPSA) is 6.48 Å². The van der Waals surface area contributed by atoms with E-state index in [4.69, 9.17) is 0 Å². The fourth-order valence-electron chi connectivity index (χ4n) is 8.05. The normalized spacial score (nSPS) is 12.0. The van der Waals surface area contributed by atoms with Crippen molar-refractivity contribution >= 4 is 55.7 Å². The van der Waals surface area contributed by atoms with Crippen LogP contribution in [-0.2, 0) is 6.42 Å². The van der Waals surface area contributed by atoms with E-state index in [-0.39, 0.29) is 0 Å². The zero-order chi connectivity index (χ0) is 35.1. The van der Waals surface area contributed by atoms with Crippen LogP contribution in [0.2, 0.25) is 0 Å². The van der Waals surface area contributed by atoms with Gasteiger partial charge in [-0.25, -0.2) is 0 Å². The highest BCUT2D eigenvalue weighted by Gasteiger charge is 2.26. The molecule has 1 aliphatic rings. The molecular formula is C51H36N2. The quantitative estimate of drug-likeness (QED) is 0.173. The molecule has 1 heterocycles. The molecule has 9 aromatic rings. The van der Waals surface area contributed by atoms with Crippen LogP contribution in [0.15, 0.2) is 206 Å². The first kappa shape index (κ1) is 30.9. The van der Waals surface area contributed by atoms with Crippen LogP contribution in [0.4, 0.5) is 34.1 Å². The van der Waals surface area contributed by atoms with Gasteiger partial charge in [-0.3, -0.25) is 0 Å². The van der Waals surface area contributed by atoms with Gasteiger partial charge in [0.1, 0.15) is 0 Å². The van der Waals surface area contributed by atoms with E-state index in [9.17, 15) is 0 Å². The summed E-state index contributed by atoms with van der Waals surface area (Å²) in [5.41, 5.74) is 14.6. The number of para-hydroxylation sites is 2. The van der Waals surface area contributed by atoms with Crippen molar-refractivity contribution in [1.29, 1.82) is 0 Å². The van der Waals surface area contributed by atoms with Gasteiger partial charge in [0.15, 0.2) is 0 Å². The first-order chi connectivity index (χ1) is 26.3. The van der Waals surface area contributed by atoms with Gasteiger partial charge in [0.2, 0.25) is 0 Å². The lowest BCUT2D eigenvalue weighted by Gasteiger charge is -2.34. The summed E-state index contributed by atoms with van der Waals surface area (Å²) in [6, 6.07) is 74.9. The molecular weight excluding hydrogens is 641 g/mol. The maximum atomic E-state index is 2.46. The molecule has 0 fully saturated rings. The summed E-state index contributed by atoms with van der Waals surface area (Å²) in [5, 5.41) is 5.03. The van der Waals surface area contributed by atoms with Gasteiger partial charge in [-0.05, 0) is 128 Å². The number of nitrogens with zero attached hydrogens (tertiary/aromatic N) is 2. The van der Waals surface area contributed by atoms with Crippen molar-refractivity contribution in [2.75, 3.05) is 9.80 Å². The summed E-state index contributed by atoms with van der Waals surface area (Å²) < 4.78 is 0. The summed E-state index contributed by atoms with van der Waals surface area (Å²) in [4.78, 5) is 4.76. The molecule has 2 heteroatoms. The zero-order valence-corrected chi connectivity index (χ0v) is 29.2. The van der Waals surface area contributed by atoms with Crippen LogP contribution in [0.1, 0.15) is 11.1 Å². The lowest BCUT2D eigenvalue weighted by atomic mass is 9.89. The van der Waals surface area contributed by atoms with Crippen LogP contribution in [0, 0.1) is 0 Å². The molecule has 250 valence electrons. The van der Waals surface area contributed by atoms with Crippen molar-refractivity contribution in [3.63, 3.8) is 0 Å². The number of anilines is 6. The molecule has 0 bridgehead atoms. The van der Waals surface area contributed by atoms with Gasteiger partial charge in [-0.1, -0.05) is 133 Å². The summed E-state index contributed by atoms with van der Waals surface area (Å²) in [6.07, 6.45) is 0.856. The monoisotopic (exact) mass is 676 g/mol. The Bertz CT molecular complexity index is 2710. The second-order valence-electron chi connectivity index (χ2n) is 13.8. The predicted octanol–water partition coefficient (Wildman–Crippen LogP) is 14.2. The number of benzene rings is 9. The number of fused-ring (bicyclic) bond motifs is 4. The molecule has 0 saturated heterocycles. The Balaban J connectivity index is 1.07. The van der Waals surface area contributed by atoms with Gasteiger partial charge >= 0.3 is 0 Å². The minimum atomic E-state index is 0.856. The van der Waals surface area contributed by atoms with Crippen molar-refractivity contribution in [2.24, 2.45) is 0 Å². The molecule has 0 amide bonds. The van der Waals surface area contributed by atoms with Gasteiger partial charge in [0.25, 0.3) is 0 Å². The van der Waals surface area contributed by atoms with E-state index < -0.39 is 0 Å². The molecule has 9 aromatic carbocycles. The molecule has 53 heavy (non-hydrogen) atoms. The van der Waals surface area contributed by atoms with Crippen molar-refractivity contribution in [1.82, 2.24) is 0 Å². The summed E-state index contributed by atoms with van der Waals surface area (Å²) >= 11 is 0. The molecule has 0 atom stereocenters. The van der Waals surface area contributed by atoms with Crippen LogP contribution < -0.4 is 9.80 Å². The van der Waals surface area contributed by atoms with Gasteiger partial charge < -0.3 is 9.80 Å². The standard InChI is InChI=1S/C51H36N2/c1-3-16-44(17-4-1)52(45-18-5-2-6-19-45)46-27-22-37(23-28-46)40-25-30-50-42(32-40)34-43-33-41(49-21-11-15-38-13-9-10-20-48(38)49)26-31-51(43)53(50)47-29-24-36-12-7-8-14-39(36)35-47/h1-33,35H,34H2. The molecule has 0 aliphatic carbocycles. The Kier molecular flexibility index (Phi) is 7.58. The largest absolute Gasteiger partial charge is 0.311 e. The Morgan fingerprint density at radius 3 is 1.62 bits per heavy atom. The Labute approximate surface area is 310 Å². The van der Waals surface area contributed by atoms with Crippen LogP contribution >= 0.6 is 0 Å². The van der Waals surface area contributed by atoms with Gasteiger partial charge in [-0.15, -0.1) is 0 Å². The average molecular weight is 677 g/mol. The van der Waals surface area contributed by atoms with Gasteiger partial charge in [0, 0.05) is 40.5 Å². The van der Waals surface area contributed by atoms with Crippen LogP contribution in [0.5, 0.6) is 0 Å². The number of hydrogen-bond donors (Lipinski definition) is 0. The number of hydrogen-bond acceptors (Lipinski definition) is 2. The first-order valence-electron chi connectivity index (χ1n) is 18.3. The SMILES string of the molecule is c1ccc(N(c2ccccc2)c2ccc(-c3ccc4c(c3)Cc3cc(-c5cccc6ccccc56)ccc3N4c3ccc4ccccc4c3)cc2)cc1. The average Bonchev–Trinajstić information content (AvgIpc) is 3.23. The van der Waals surface area contributed by atoms with Gasteiger partial charge in [-0.2, -0.15) is 0 Å². The van der Waals surface area contributed by atoms with Crippen molar-refractivity contribution in [3.05, 3.63) is 217 Å². The minimum absolute atomic E-state index is 0.856. The minimum Gasteiger partial charge on any atom is -0.311 e. The molecule has 1 aliphatic heterocycles. The fraction of sp³-hybridized carbons (Fsp3) is 0.0196. The van der Waals surface area contributed by atoms with E-state index >= 15 is 0 Å². The Morgan fingerprint density at radius 2 is 0.906 bits per heavy atom. The maximum absolute atomic E-state index is 2.46. The molecule has 0 radical (unpaired) electrons. The van der Waals surface area contributed by atoms with E-state index in [0.29, 0.717) is 0 Å². The van der Waals surface area contributed by atoms with Crippen LogP contribution in [0.3, 0.4) is 0 Å². The molecule has 0 N–H and O–H groups in total. The predicted molar refractivity (Wildman–Crippen MR) is 224 cm³/mol. The van der Waals surface area contributed by atoms with E-state index in [1.807, 2.05) is 0 Å². The lowest BCUT2D eigenvalue weighted by molar-refractivity contribution is 1.09. The molecule has 0 saturated carbocycles. The third-order valence-electron chi connectivity index (χ3n) is 10.6. The fourth-order valence-corrected chi connectivity index (χ4v) is 8.05. The van der Waals surface area contributed by atoms with Crippen molar-refractivity contribution < 1.29 is 0 Å². The van der Waals surface area contributed by atoms with E-state index in [0.717, 1.165) is 23.5 Å². The highest BCUT2D eigenvalue weighted by molar-refractivity contribution is 5.98. The molecule has 2 nitrogen and oxygen atoms in total. The second-order valence-corrected chi connectivity index (χ2v) is 13.8. The second kappa shape index (κ2) is 13.0. The van der Waals surface area contributed by atoms with Crippen molar-refractivity contribution in [3.8, 4) is 22.3 Å². The lowest BCUT2D eigenvalue weighted by Crippen LogP contribution is -2.18. The summed E-state index contributed by atoms with van der Waals surface area (Å²) in [5.74, 6) is 0. The van der Waals surface area contributed by atoms with E-state index in [1.165, 1.54) is 72.0 Å². The highest BCUT2D eigenvalue weighted by Crippen LogP contribution is 2.47. The smallest absolute Gasteiger partial charge is 0.0497 e. The summed E-state index contributed by atoms with van der Waals surface area (Å²) in [7, 11) is 0. The molecule has 10 rings (SSSR count). The van der Waals surface area contributed by atoms with E-state index in [1.54, 1.807) is 0 Å². The third kappa shape index (κ3) is 5.62. The molecule has 0 unspecified atom stereocenters. The van der Waals surface area contributed by atoms with Crippen LogP contribution in [0.25, 0.3) is 43.8 Å². The number of rotatable bonds is 6. The van der Waals surface area contributed by atoms with Crippen LogP contribution in [-0.4, -0.2) is 0 Å². The first-order valence-corrected chi connectivity index (χ1v) is 18.3. The van der Waals surface area contributed by atoms with Crippen molar-refractivity contribution in [2.45, 2.75) is 6.42 Å². The van der Waals surface area contributed by atoms with E-state index in [2.05, 4.69) is 216 Å². The maximum Gasteiger partial charge on any atom is 0.0497 e. The van der Waals surface area contributed by atoms with Gasteiger partial charge in [0.05, 0.1) is 0 Å².